The van der Waals surface area contributed by atoms with Gasteiger partial charge in [0.1, 0.15) is 18.4 Å². The van der Waals surface area contributed by atoms with Gasteiger partial charge >= 0.3 is 5.97 Å². The van der Waals surface area contributed by atoms with Crippen molar-refractivity contribution < 1.29 is 23.1 Å². The average molecular weight is 426 g/mol. The highest BCUT2D eigenvalue weighted by molar-refractivity contribution is 7.89. The summed E-state index contributed by atoms with van der Waals surface area (Å²) in [4.78, 5) is 14.8. The number of nitrogens with one attached hydrogen (secondary N) is 2. The van der Waals surface area contributed by atoms with Crippen LogP contribution in [0.2, 0.25) is 0 Å². The van der Waals surface area contributed by atoms with Crippen LogP contribution in [0.4, 0.5) is 0 Å². The van der Waals surface area contributed by atoms with E-state index in [-0.39, 0.29) is 17.9 Å². The summed E-state index contributed by atoms with van der Waals surface area (Å²) < 4.78 is 33.1. The number of hydrogen-bond acceptors (Lipinski definition) is 4. The molecule has 0 bridgehead atoms. The lowest BCUT2D eigenvalue weighted by Crippen LogP contribution is -2.42. The molecule has 156 valence electrons. The van der Waals surface area contributed by atoms with Crippen LogP contribution in [0.15, 0.2) is 53.6 Å². The topological polar surface area (TPSA) is 108 Å². The molecule has 7 nitrogen and oxygen atoms in total. The fraction of sp³-hybridized carbons (Fsp3) is 0.227. The number of aryl methyl sites for hydroxylation is 1. The molecule has 30 heavy (non-hydrogen) atoms. The first kappa shape index (κ1) is 21.4. The quantitative estimate of drug-likeness (QED) is 0.480. The molecule has 8 heteroatoms. The first-order valence-corrected chi connectivity index (χ1v) is 10.7. The van der Waals surface area contributed by atoms with Gasteiger partial charge in [0.15, 0.2) is 0 Å². The van der Waals surface area contributed by atoms with Crippen molar-refractivity contribution in [3.8, 4) is 17.6 Å². The number of sulfonamides is 1. The maximum atomic E-state index is 12.7. The minimum Gasteiger partial charge on any atom is -0.481 e. The van der Waals surface area contributed by atoms with Crippen LogP contribution in [0.25, 0.3) is 10.9 Å². The van der Waals surface area contributed by atoms with E-state index in [9.17, 15) is 18.3 Å². The second-order valence-electron chi connectivity index (χ2n) is 6.77. The fourth-order valence-electron chi connectivity index (χ4n) is 3.03. The number of hydrogen-bond donors (Lipinski definition) is 3. The normalized spacial score (nSPS) is 12.2. The number of rotatable bonds is 8. The summed E-state index contributed by atoms with van der Waals surface area (Å²) in [5.74, 6) is 4.67. The van der Waals surface area contributed by atoms with Crippen LogP contribution in [-0.4, -0.2) is 37.1 Å². The van der Waals surface area contributed by atoms with Gasteiger partial charge in [0, 0.05) is 23.5 Å². The van der Waals surface area contributed by atoms with E-state index in [0.29, 0.717) is 5.75 Å². The van der Waals surface area contributed by atoms with Crippen LogP contribution < -0.4 is 9.46 Å². The summed E-state index contributed by atoms with van der Waals surface area (Å²) in [5.41, 5.74) is 2.67. The van der Waals surface area contributed by atoms with Gasteiger partial charge in [0.2, 0.25) is 10.0 Å². The number of aromatic amines is 1. The van der Waals surface area contributed by atoms with E-state index in [1.54, 1.807) is 13.1 Å². The Balaban J connectivity index is 1.77. The summed E-state index contributed by atoms with van der Waals surface area (Å²) >= 11 is 0. The van der Waals surface area contributed by atoms with Gasteiger partial charge in [-0.3, -0.25) is 4.79 Å². The van der Waals surface area contributed by atoms with Crippen LogP contribution in [0.5, 0.6) is 5.75 Å². The molecule has 0 saturated carbocycles. The number of fused-ring (bicyclic) bond motifs is 1. The summed E-state index contributed by atoms with van der Waals surface area (Å²) in [6, 6.07) is 10.2. The van der Waals surface area contributed by atoms with E-state index in [4.69, 9.17) is 4.74 Å². The maximum Gasteiger partial charge on any atom is 0.322 e. The molecule has 0 amide bonds. The third kappa shape index (κ3) is 5.00. The monoisotopic (exact) mass is 426 g/mol. The summed E-state index contributed by atoms with van der Waals surface area (Å²) in [7, 11) is -4.03. The molecule has 1 heterocycles. The highest BCUT2D eigenvalue weighted by Crippen LogP contribution is 2.22. The fourth-order valence-corrected chi connectivity index (χ4v) is 4.22. The first-order valence-electron chi connectivity index (χ1n) is 9.24. The van der Waals surface area contributed by atoms with Crippen molar-refractivity contribution in [2.75, 3.05) is 6.61 Å². The Morgan fingerprint density at radius 1 is 1.23 bits per heavy atom. The zero-order chi connectivity index (χ0) is 21.7. The molecule has 1 atom stereocenters. The molecular formula is C22H22N2O5S. The molecule has 3 aromatic rings. The van der Waals surface area contributed by atoms with E-state index >= 15 is 0 Å². The Hall–Kier alpha value is -3.28. The van der Waals surface area contributed by atoms with Gasteiger partial charge < -0.3 is 14.8 Å². The minimum absolute atomic E-state index is 0.00844. The highest BCUT2D eigenvalue weighted by Gasteiger charge is 2.26. The lowest BCUT2D eigenvalue weighted by Gasteiger charge is -2.15. The molecule has 1 aromatic heterocycles. The number of carboxylic acid groups (broad SMARTS) is 1. The molecule has 3 N–H and O–H groups in total. The maximum absolute atomic E-state index is 12.7. The second kappa shape index (κ2) is 9.03. The predicted octanol–water partition coefficient (Wildman–Crippen LogP) is 2.85. The standard InChI is InChI=1S/C22H22N2O5S/c1-3-4-11-29-17-6-8-18(9-7-17)30(27,28)24-21(22(25)26)13-16-14-23-20-12-15(2)5-10-19(16)20/h5-10,12,14,21,23-24H,11,13H2,1-2H3,(H,25,26)/t21-/m0/s1. The molecule has 0 spiro atoms. The molecule has 0 fully saturated rings. The van der Waals surface area contributed by atoms with Crippen LogP contribution >= 0.6 is 0 Å². The van der Waals surface area contributed by atoms with Crippen LogP contribution in [-0.2, 0) is 21.2 Å². The largest absolute Gasteiger partial charge is 0.481 e. The van der Waals surface area contributed by atoms with E-state index < -0.39 is 22.0 Å². The van der Waals surface area contributed by atoms with Crippen LogP contribution in [0.1, 0.15) is 18.1 Å². The number of benzene rings is 2. The van der Waals surface area contributed by atoms with Crippen molar-refractivity contribution in [3.63, 3.8) is 0 Å². The van der Waals surface area contributed by atoms with Crippen molar-refractivity contribution >= 4 is 26.9 Å². The Morgan fingerprint density at radius 3 is 2.63 bits per heavy atom. The summed E-state index contributed by atoms with van der Waals surface area (Å²) in [6.07, 6.45) is 1.72. The van der Waals surface area contributed by atoms with Crippen molar-refractivity contribution in [2.24, 2.45) is 0 Å². The van der Waals surface area contributed by atoms with Crippen LogP contribution in [0.3, 0.4) is 0 Å². The minimum atomic E-state index is -4.03. The predicted molar refractivity (Wildman–Crippen MR) is 114 cm³/mol. The van der Waals surface area contributed by atoms with Gasteiger partial charge in [0.05, 0.1) is 4.90 Å². The Bertz CT molecular complexity index is 1220. The molecule has 0 aliphatic heterocycles. The smallest absolute Gasteiger partial charge is 0.322 e. The lowest BCUT2D eigenvalue weighted by atomic mass is 10.0. The van der Waals surface area contributed by atoms with E-state index in [2.05, 4.69) is 21.5 Å². The Morgan fingerprint density at radius 2 is 1.97 bits per heavy atom. The molecule has 0 aliphatic rings. The first-order chi connectivity index (χ1) is 14.3. The van der Waals surface area contributed by atoms with E-state index in [1.807, 2.05) is 25.1 Å². The number of H-pyrrole nitrogens is 1. The molecule has 0 saturated heterocycles. The Kier molecular flexibility index (Phi) is 6.45. The molecular weight excluding hydrogens is 404 g/mol. The van der Waals surface area contributed by atoms with Gasteiger partial charge in [-0.15, -0.1) is 5.92 Å². The highest BCUT2D eigenvalue weighted by atomic mass is 32.2. The van der Waals surface area contributed by atoms with Gasteiger partial charge in [0.25, 0.3) is 0 Å². The van der Waals surface area contributed by atoms with Crippen LogP contribution in [0, 0.1) is 18.8 Å². The molecule has 2 aromatic carbocycles. The molecule has 3 rings (SSSR count). The number of aliphatic carboxylic acids is 1. The molecule has 0 radical (unpaired) electrons. The zero-order valence-corrected chi connectivity index (χ0v) is 17.4. The number of aromatic nitrogens is 1. The number of ether oxygens (including phenoxy) is 1. The molecule has 0 unspecified atom stereocenters. The van der Waals surface area contributed by atoms with E-state index in [1.165, 1.54) is 24.3 Å². The van der Waals surface area contributed by atoms with Gasteiger partial charge in [-0.2, -0.15) is 4.72 Å². The van der Waals surface area contributed by atoms with Gasteiger partial charge in [-0.25, -0.2) is 8.42 Å². The summed E-state index contributed by atoms with van der Waals surface area (Å²) in [6.45, 7) is 3.86. The third-order valence-electron chi connectivity index (χ3n) is 4.56. The lowest BCUT2D eigenvalue weighted by molar-refractivity contribution is -0.138. The number of carboxylic acids is 1. The second-order valence-corrected chi connectivity index (χ2v) is 8.48. The van der Waals surface area contributed by atoms with Crippen molar-refractivity contribution in [2.45, 2.75) is 31.2 Å². The third-order valence-corrected chi connectivity index (χ3v) is 6.05. The number of carbonyl (C=O) groups is 1. The van der Waals surface area contributed by atoms with Crippen molar-refractivity contribution in [1.29, 1.82) is 0 Å². The van der Waals surface area contributed by atoms with Gasteiger partial charge in [-0.1, -0.05) is 18.1 Å². The Labute approximate surface area is 175 Å². The molecule has 0 aliphatic carbocycles. The zero-order valence-electron chi connectivity index (χ0n) is 16.6. The van der Waals surface area contributed by atoms with Crippen molar-refractivity contribution in [3.05, 3.63) is 59.8 Å². The van der Waals surface area contributed by atoms with Crippen molar-refractivity contribution in [1.82, 2.24) is 9.71 Å². The average Bonchev–Trinajstić information content (AvgIpc) is 3.09. The van der Waals surface area contributed by atoms with Gasteiger partial charge in [-0.05, 0) is 55.3 Å². The SMILES string of the molecule is CC#CCOc1ccc(S(=O)(=O)N[C@@H](Cc2c[nH]c3cc(C)ccc23)C(=O)O)cc1. The van der Waals surface area contributed by atoms with E-state index in [0.717, 1.165) is 22.0 Å². The summed E-state index contributed by atoms with van der Waals surface area (Å²) in [5, 5.41) is 10.5.